The minimum atomic E-state index is 0.613. The first kappa shape index (κ1) is 18.5. The van der Waals surface area contributed by atoms with Crippen LogP contribution in [0.3, 0.4) is 0 Å². The second-order valence-electron chi connectivity index (χ2n) is 8.82. The van der Waals surface area contributed by atoms with Gasteiger partial charge < -0.3 is 4.90 Å². The van der Waals surface area contributed by atoms with Gasteiger partial charge in [-0.1, -0.05) is 12.8 Å². The van der Waals surface area contributed by atoms with Gasteiger partial charge in [-0.2, -0.15) is 0 Å². The van der Waals surface area contributed by atoms with Crippen LogP contribution in [-0.2, 0) is 6.54 Å². The van der Waals surface area contributed by atoms with Gasteiger partial charge in [0, 0.05) is 54.8 Å². The van der Waals surface area contributed by atoms with Crippen molar-refractivity contribution in [3.63, 3.8) is 0 Å². The fraction of sp³-hybridized carbons (Fsp3) is 0.682. The Labute approximate surface area is 172 Å². The predicted octanol–water partition coefficient (Wildman–Crippen LogP) is 4.53. The van der Waals surface area contributed by atoms with Crippen LogP contribution in [0.15, 0.2) is 17.8 Å². The van der Waals surface area contributed by atoms with Gasteiger partial charge in [0.25, 0.3) is 0 Å². The van der Waals surface area contributed by atoms with Gasteiger partial charge in [-0.25, -0.2) is 15.0 Å². The van der Waals surface area contributed by atoms with Crippen LogP contribution in [0.1, 0.15) is 73.7 Å². The molecule has 2 saturated carbocycles. The van der Waals surface area contributed by atoms with Gasteiger partial charge in [-0.15, -0.1) is 11.3 Å². The van der Waals surface area contributed by atoms with Crippen molar-refractivity contribution in [3.05, 3.63) is 34.2 Å². The largest absolute Gasteiger partial charge is 0.350 e. The molecule has 2 aromatic heterocycles. The van der Waals surface area contributed by atoms with Gasteiger partial charge in [0.2, 0.25) is 0 Å². The molecule has 0 N–H and O–H groups in total. The first-order valence-corrected chi connectivity index (χ1v) is 11.9. The summed E-state index contributed by atoms with van der Waals surface area (Å²) < 4.78 is 0. The molecule has 1 aliphatic heterocycles. The van der Waals surface area contributed by atoms with E-state index in [9.17, 15) is 0 Å². The van der Waals surface area contributed by atoms with Crippen molar-refractivity contribution in [1.29, 1.82) is 0 Å². The van der Waals surface area contributed by atoms with Gasteiger partial charge in [0.15, 0.2) is 0 Å². The van der Waals surface area contributed by atoms with E-state index < -0.39 is 0 Å². The number of piperidine rings is 1. The average Bonchev–Trinajstić information content (AvgIpc) is 3.18. The van der Waals surface area contributed by atoms with Crippen LogP contribution in [0, 0.1) is 6.92 Å². The van der Waals surface area contributed by atoms with Crippen molar-refractivity contribution in [2.75, 3.05) is 18.0 Å². The average molecular weight is 398 g/mol. The van der Waals surface area contributed by atoms with Crippen LogP contribution < -0.4 is 4.90 Å². The number of anilines is 1. The van der Waals surface area contributed by atoms with E-state index in [2.05, 4.69) is 38.1 Å². The van der Waals surface area contributed by atoms with E-state index in [1.54, 1.807) is 6.33 Å². The van der Waals surface area contributed by atoms with Crippen LogP contribution in [0.4, 0.5) is 5.82 Å². The van der Waals surface area contributed by atoms with Crippen LogP contribution >= 0.6 is 11.3 Å². The lowest BCUT2D eigenvalue weighted by atomic mass is 10.0. The molecule has 0 spiro atoms. The van der Waals surface area contributed by atoms with E-state index in [0.29, 0.717) is 12.1 Å². The third kappa shape index (κ3) is 4.08. The second kappa shape index (κ2) is 8.07. The summed E-state index contributed by atoms with van der Waals surface area (Å²) in [5.41, 5.74) is 2.35. The highest BCUT2D eigenvalue weighted by molar-refractivity contribution is 7.09. The van der Waals surface area contributed by atoms with Crippen LogP contribution in [0.5, 0.6) is 0 Å². The highest BCUT2D eigenvalue weighted by Crippen LogP contribution is 2.37. The Morgan fingerprint density at radius 1 is 1.04 bits per heavy atom. The summed E-state index contributed by atoms with van der Waals surface area (Å²) in [6, 6.07) is 3.46. The van der Waals surface area contributed by atoms with E-state index in [1.807, 2.05) is 11.3 Å². The molecule has 5 nitrogen and oxygen atoms in total. The monoisotopic (exact) mass is 397 g/mol. The number of hydrogen-bond donors (Lipinski definition) is 0. The Balaban J connectivity index is 1.19. The maximum absolute atomic E-state index is 4.99. The molecule has 6 heteroatoms. The predicted molar refractivity (Wildman–Crippen MR) is 114 cm³/mol. The molecule has 0 amide bonds. The van der Waals surface area contributed by atoms with Gasteiger partial charge in [0.1, 0.15) is 12.1 Å². The van der Waals surface area contributed by atoms with E-state index in [-0.39, 0.29) is 0 Å². The van der Waals surface area contributed by atoms with Crippen LogP contribution in [0.2, 0.25) is 0 Å². The maximum Gasteiger partial charge on any atom is 0.132 e. The Morgan fingerprint density at radius 2 is 1.79 bits per heavy atom. The molecule has 0 atom stereocenters. The van der Waals surface area contributed by atoms with Crippen LogP contribution in [-0.4, -0.2) is 45.0 Å². The molecule has 2 aromatic rings. The summed E-state index contributed by atoms with van der Waals surface area (Å²) in [6.45, 7) is 5.40. The lowest BCUT2D eigenvalue weighted by molar-refractivity contribution is 0.198. The number of aryl methyl sites for hydroxylation is 1. The molecular weight excluding hydrogens is 366 g/mol. The lowest BCUT2D eigenvalue weighted by Gasteiger charge is -2.39. The fourth-order valence-corrected chi connectivity index (χ4v) is 5.93. The molecule has 1 saturated heterocycles. The molecule has 0 bridgehead atoms. The summed E-state index contributed by atoms with van der Waals surface area (Å²) in [5, 5.41) is 3.70. The molecule has 28 heavy (non-hydrogen) atoms. The summed E-state index contributed by atoms with van der Waals surface area (Å²) in [6.07, 6.45) is 12.2. The Bertz CT molecular complexity index is 788. The summed E-state index contributed by atoms with van der Waals surface area (Å²) in [4.78, 5) is 19.1. The van der Waals surface area contributed by atoms with Crippen molar-refractivity contribution >= 4 is 17.2 Å². The molecule has 0 radical (unpaired) electrons. The van der Waals surface area contributed by atoms with E-state index >= 15 is 0 Å². The molecule has 5 rings (SSSR count). The molecule has 3 fully saturated rings. The topological polar surface area (TPSA) is 45.2 Å². The Hall–Kier alpha value is -1.53. The first-order valence-electron chi connectivity index (χ1n) is 11.0. The first-order chi connectivity index (χ1) is 13.8. The standard InChI is InChI=1S/C22H31N5S/c1-16-12-21(24-15-23-16)27(19-6-7-19)20-8-10-26(11-9-20)13-18-14-28-22(25-18)17-4-2-3-5-17/h12,14-15,17,19-20H,2-11,13H2,1H3. The molecule has 0 aromatic carbocycles. The number of likely N-dealkylation sites (tertiary alicyclic amines) is 1. The zero-order valence-corrected chi connectivity index (χ0v) is 17.7. The number of rotatable bonds is 6. The fourth-order valence-electron chi connectivity index (χ4n) is 4.95. The van der Waals surface area contributed by atoms with Crippen molar-refractivity contribution in [3.8, 4) is 0 Å². The smallest absolute Gasteiger partial charge is 0.132 e. The highest BCUT2D eigenvalue weighted by Gasteiger charge is 2.36. The van der Waals surface area contributed by atoms with E-state index in [0.717, 1.165) is 37.1 Å². The van der Waals surface area contributed by atoms with Crippen molar-refractivity contribution < 1.29 is 0 Å². The van der Waals surface area contributed by atoms with Gasteiger partial charge in [-0.05, 0) is 45.4 Å². The van der Waals surface area contributed by atoms with Gasteiger partial charge >= 0.3 is 0 Å². The molecule has 3 aliphatic rings. The third-order valence-electron chi connectivity index (χ3n) is 6.60. The van der Waals surface area contributed by atoms with E-state index in [1.165, 1.54) is 62.1 Å². The molecular formula is C22H31N5S. The van der Waals surface area contributed by atoms with Crippen molar-refractivity contribution in [2.24, 2.45) is 0 Å². The quantitative estimate of drug-likeness (QED) is 0.716. The molecule has 150 valence electrons. The number of aromatic nitrogens is 3. The molecule has 3 heterocycles. The SMILES string of the molecule is Cc1cc(N(C2CC2)C2CCN(Cc3csc(C4CCCC4)n3)CC2)ncn1. The summed E-state index contributed by atoms with van der Waals surface area (Å²) in [7, 11) is 0. The van der Waals surface area contributed by atoms with Gasteiger partial charge in [0.05, 0.1) is 10.7 Å². The normalized spacial score (nSPS) is 22.0. The Kier molecular flexibility index (Phi) is 5.33. The second-order valence-corrected chi connectivity index (χ2v) is 9.71. The van der Waals surface area contributed by atoms with Crippen LogP contribution in [0.25, 0.3) is 0 Å². The summed E-state index contributed by atoms with van der Waals surface area (Å²) in [5.74, 6) is 1.88. The Morgan fingerprint density at radius 3 is 2.50 bits per heavy atom. The minimum Gasteiger partial charge on any atom is -0.350 e. The van der Waals surface area contributed by atoms with Gasteiger partial charge in [-0.3, -0.25) is 4.90 Å². The summed E-state index contributed by atoms with van der Waals surface area (Å²) >= 11 is 1.89. The lowest BCUT2D eigenvalue weighted by Crippen LogP contribution is -2.46. The zero-order valence-electron chi connectivity index (χ0n) is 16.9. The van der Waals surface area contributed by atoms with Crippen molar-refractivity contribution in [2.45, 2.75) is 82.8 Å². The number of thiazole rings is 1. The third-order valence-corrected chi connectivity index (χ3v) is 7.66. The number of hydrogen-bond acceptors (Lipinski definition) is 6. The minimum absolute atomic E-state index is 0.613. The van der Waals surface area contributed by atoms with Crippen molar-refractivity contribution in [1.82, 2.24) is 19.9 Å². The molecule has 0 unspecified atom stereocenters. The zero-order chi connectivity index (χ0) is 18.9. The van der Waals surface area contributed by atoms with E-state index in [4.69, 9.17) is 4.98 Å². The maximum atomic E-state index is 4.99. The number of nitrogens with zero attached hydrogens (tertiary/aromatic N) is 5. The molecule has 2 aliphatic carbocycles. The highest BCUT2D eigenvalue weighted by atomic mass is 32.1.